The fraction of sp³-hybridized carbons (Fsp3) is 0. The second-order valence-corrected chi connectivity index (χ2v) is 22.1. The molecule has 7 nitrogen and oxygen atoms in total. The first-order valence-electron chi connectivity index (χ1n) is 24.2. The largest absolute Gasteiger partial charge is 0.309 e. The van der Waals surface area contributed by atoms with E-state index in [0.29, 0.717) is 23.3 Å². The summed E-state index contributed by atoms with van der Waals surface area (Å²) in [6.07, 6.45) is 0. The van der Waals surface area contributed by atoms with Gasteiger partial charge in [-0.1, -0.05) is 188 Å². The molecule has 0 amide bonds. The summed E-state index contributed by atoms with van der Waals surface area (Å²) in [7, 11) is -2.80. The van der Waals surface area contributed by atoms with E-state index < -0.39 is 8.07 Å². The first-order valence-corrected chi connectivity index (χ1v) is 26.2. The normalized spacial score (nSPS) is 11.9. The molecule has 0 fully saturated rings. The van der Waals surface area contributed by atoms with Crippen molar-refractivity contribution >= 4 is 94.2 Å². The molecule has 336 valence electrons. The molecule has 14 rings (SSSR count). The summed E-state index contributed by atoms with van der Waals surface area (Å²) in [6.45, 7) is 0. The molecule has 72 heavy (non-hydrogen) atoms. The summed E-state index contributed by atoms with van der Waals surface area (Å²) >= 11 is 0. The molecule has 10 aromatic carbocycles. The maximum atomic E-state index is 10.0. The monoisotopic (exact) mass is 935 g/mol. The Labute approximate surface area is 415 Å². The van der Waals surface area contributed by atoms with Gasteiger partial charge in [-0.3, -0.25) is 9.13 Å². The number of benzene rings is 10. The van der Waals surface area contributed by atoms with Gasteiger partial charge in [0.1, 0.15) is 0 Å². The van der Waals surface area contributed by atoms with Crippen LogP contribution in [0.15, 0.2) is 249 Å². The Morgan fingerprint density at radius 3 is 1.17 bits per heavy atom. The molecule has 0 saturated heterocycles. The third-order valence-electron chi connectivity index (χ3n) is 14.5. The van der Waals surface area contributed by atoms with E-state index in [1.807, 2.05) is 30.3 Å². The number of hydrogen-bond donors (Lipinski definition) is 0. The molecule has 0 atom stereocenters. The number of para-hydroxylation sites is 4. The van der Waals surface area contributed by atoms with Crippen LogP contribution in [0.3, 0.4) is 0 Å². The third-order valence-corrected chi connectivity index (χ3v) is 19.3. The molecule has 0 bridgehead atoms. The maximum Gasteiger partial charge on any atom is 0.240 e. The highest BCUT2D eigenvalue weighted by atomic mass is 28.3. The van der Waals surface area contributed by atoms with E-state index in [4.69, 9.17) is 15.0 Å². The van der Waals surface area contributed by atoms with Crippen molar-refractivity contribution in [3.63, 3.8) is 0 Å². The quantitative estimate of drug-likeness (QED) is 0.112. The van der Waals surface area contributed by atoms with E-state index in [1.165, 1.54) is 31.5 Å². The number of rotatable bonds is 8. The zero-order chi connectivity index (χ0) is 47.8. The van der Waals surface area contributed by atoms with E-state index in [2.05, 4.69) is 238 Å². The molecule has 0 aliphatic carbocycles. The lowest BCUT2D eigenvalue weighted by molar-refractivity contribution is 0.893. The summed E-state index contributed by atoms with van der Waals surface area (Å²) in [6, 6.07) is 90.8. The number of hydrogen-bond acceptors (Lipinski definition) is 4. The van der Waals surface area contributed by atoms with Crippen LogP contribution in [0, 0.1) is 11.3 Å². The first kappa shape index (κ1) is 41.3. The van der Waals surface area contributed by atoms with Crippen molar-refractivity contribution in [1.82, 2.24) is 28.7 Å². The van der Waals surface area contributed by atoms with Crippen LogP contribution in [0.25, 0.3) is 94.4 Å². The van der Waals surface area contributed by atoms with Gasteiger partial charge in [0.2, 0.25) is 11.9 Å². The van der Waals surface area contributed by atoms with Gasteiger partial charge in [-0.2, -0.15) is 20.2 Å². The Morgan fingerprint density at radius 1 is 0.319 bits per heavy atom. The molecule has 0 aliphatic rings. The van der Waals surface area contributed by atoms with Crippen molar-refractivity contribution in [1.29, 1.82) is 5.26 Å². The molecule has 0 N–H and O–H groups in total. The first-order chi connectivity index (χ1) is 35.7. The van der Waals surface area contributed by atoms with Gasteiger partial charge in [-0.15, -0.1) is 0 Å². The average Bonchev–Trinajstić information content (AvgIpc) is 4.09. The molecular formula is C64H41N7Si. The lowest BCUT2D eigenvalue weighted by atomic mass is 10.1. The van der Waals surface area contributed by atoms with Gasteiger partial charge >= 0.3 is 0 Å². The van der Waals surface area contributed by atoms with Crippen LogP contribution in [0.2, 0.25) is 0 Å². The molecule has 0 saturated carbocycles. The van der Waals surface area contributed by atoms with Crippen molar-refractivity contribution in [3.05, 3.63) is 254 Å². The Hall–Kier alpha value is -9.68. The number of fused-ring (bicyclic) bond motifs is 9. The van der Waals surface area contributed by atoms with E-state index in [1.54, 1.807) is 0 Å². The zero-order valence-electron chi connectivity index (χ0n) is 38.8. The van der Waals surface area contributed by atoms with Gasteiger partial charge in [0.25, 0.3) is 0 Å². The van der Waals surface area contributed by atoms with E-state index in [9.17, 15) is 5.26 Å². The summed E-state index contributed by atoms with van der Waals surface area (Å²) < 4.78 is 6.66. The van der Waals surface area contributed by atoms with Gasteiger partial charge in [-0.25, -0.2) is 0 Å². The maximum absolute atomic E-state index is 10.0. The van der Waals surface area contributed by atoms with Crippen LogP contribution in [0.5, 0.6) is 0 Å². The number of nitriles is 1. The molecule has 8 heteroatoms. The topological polar surface area (TPSA) is 77.2 Å². The van der Waals surface area contributed by atoms with Crippen LogP contribution in [-0.4, -0.2) is 36.7 Å². The molecular weight excluding hydrogens is 895 g/mol. The zero-order valence-corrected chi connectivity index (χ0v) is 39.8. The second kappa shape index (κ2) is 16.5. The van der Waals surface area contributed by atoms with Crippen LogP contribution in [-0.2, 0) is 0 Å². The van der Waals surface area contributed by atoms with Gasteiger partial charge in [0.15, 0.2) is 13.9 Å². The van der Waals surface area contributed by atoms with Crippen LogP contribution < -0.4 is 20.7 Å². The molecule has 0 radical (unpaired) electrons. The molecule has 0 spiro atoms. The van der Waals surface area contributed by atoms with Crippen molar-refractivity contribution in [2.24, 2.45) is 0 Å². The predicted octanol–water partition coefficient (Wildman–Crippen LogP) is 12.1. The SMILES string of the molecule is N#Cc1ccc2c(c1)c1ccccc1n2-c1nc(-c2ccc([Si](c3ccccc3)(c3ccccc3)c3ccccc3)cc2)nc(-n2c3ccccc3c3cc(-n4c5ccccc5c5ccccc54)ccc32)n1. The van der Waals surface area contributed by atoms with Crippen molar-refractivity contribution < 1.29 is 0 Å². The molecule has 4 heterocycles. The molecule has 0 unspecified atom stereocenters. The van der Waals surface area contributed by atoms with Gasteiger partial charge < -0.3 is 4.57 Å². The van der Waals surface area contributed by atoms with Crippen LogP contribution in [0.1, 0.15) is 5.56 Å². The van der Waals surface area contributed by atoms with E-state index >= 15 is 0 Å². The minimum Gasteiger partial charge on any atom is -0.309 e. The minimum atomic E-state index is -2.80. The Kier molecular flexibility index (Phi) is 9.46. The number of nitrogens with zero attached hydrogens (tertiary/aromatic N) is 7. The number of aromatic nitrogens is 6. The highest BCUT2D eigenvalue weighted by Crippen LogP contribution is 2.38. The predicted molar refractivity (Wildman–Crippen MR) is 297 cm³/mol. The highest BCUT2D eigenvalue weighted by molar-refractivity contribution is 7.19. The average molecular weight is 936 g/mol. The smallest absolute Gasteiger partial charge is 0.240 e. The molecule has 0 aliphatic heterocycles. The fourth-order valence-electron chi connectivity index (χ4n) is 11.4. The molecule has 4 aromatic heterocycles. The highest BCUT2D eigenvalue weighted by Gasteiger charge is 2.41. The van der Waals surface area contributed by atoms with Gasteiger partial charge in [0, 0.05) is 43.6 Å². The Balaban J connectivity index is 1.01. The van der Waals surface area contributed by atoms with E-state index in [0.717, 1.165) is 65.9 Å². The summed E-state index contributed by atoms with van der Waals surface area (Å²) in [5.74, 6) is 1.51. The minimum absolute atomic E-state index is 0.476. The van der Waals surface area contributed by atoms with Crippen molar-refractivity contribution in [3.8, 4) is 35.0 Å². The molecule has 14 aromatic rings. The van der Waals surface area contributed by atoms with Gasteiger partial charge in [0.05, 0.1) is 44.7 Å². The van der Waals surface area contributed by atoms with Crippen molar-refractivity contribution in [2.75, 3.05) is 0 Å². The van der Waals surface area contributed by atoms with Crippen LogP contribution in [0.4, 0.5) is 0 Å². The standard InChI is InChI=1S/C64H41N7Si/c65-42-43-32-38-60-54(40-43)52-26-12-16-30-58(52)70(60)63-66-62(44-33-36-49(37-34-44)72(46-18-4-1-5-19-46,47-20-6-2-7-21-47)48-22-8-3-9-23-48)67-64(68-63)71-59-31-17-13-27-53(59)55-41-45(35-39-61(55)71)69-56-28-14-10-24-50(56)51-25-11-15-29-57(51)69/h1-41H. The lowest BCUT2D eigenvalue weighted by Crippen LogP contribution is -2.74. The fourth-order valence-corrected chi connectivity index (χ4v) is 16.1. The Bertz CT molecular complexity index is 4300. The van der Waals surface area contributed by atoms with Gasteiger partial charge in [-0.05, 0) is 81.4 Å². The lowest BCUT2D eigenvalue weighted by Gasteiger charge is -2.34. The second-order valence-electron chi connectivity index (χ2n) is 18.3. The summed E-state index contributed by atoms with van der Waals surface area (Å²) in [5.41, 5.74) is 8.63. The van der Waals surface area contributed by atoms with E-state index in [-0.39, 0.29) is 0 Å². The van der Waals surface area contributed by atoms with Crippen molar-refractivity contribution in [2.45, 2.75) is 0 Å². The summed E-state index contributed by atoms with van der Waals surface area (Å²) in [4.78, 5) is 16.3. The van der Waals surface area contributed by atoms with Crippen LogP contribution >= 0.6 is 0 Å². The summed E-state index contributed by atoms with van der Waals surface area (Å²) in [5, 5.41) is 21.7. The third kappa shape index (κ3) is 6.25. The Morgan fingerprint density at radius 2 is 0.694 bits per heavy atom.